The predicted octanol–water partition coefficient (Wildman–Crippen LogP) is 4.03. The zero-order valence-corrected chi connectivity index (χ0v) is 16.5. The summed E-state index contributed by atoms with van der Waals surface area (Å²) in [6.07, 6.45) is 3.89. The Hall–Kier alpha value is -3.60. The van der Waals surface area contributed by atoms with E-state index in [2.05, 4.69) is 28.5 Å². The fourth-order valence-corrected chi connectivity index (χ4v) is 3.67. The number of para-hydroxylation sites is 1. The van der Waals surface area contributed by atoms with E-state index in [1.54, 1.807) is 13.3 Å². The minimum absolute atomic E-state index is 0.0692. The third-order valence-corrected chi connectivity index (χ3v) is 5.10. The van der Waals surface area contributed by atoms with Gasteiger partial charge in [-0.25, -0.2) is 4.98 Å². The maximum atomic E-state index is 13.1. The number of methoxy groups -OCH3 is 1. The van der Waals surface area contributed by atoms with Crippen LogP contribution in [0.3, 0.4) is 0 Å². The van der Waals surface area contributed by atoms with Crippen LogP contribution in [0.4, 0.5) is 0 Å². The van der Waals surface area contributed by atoms with Gasteiger partial charge in [0.2, 0.25) is 5.91 Å². The molecule has 0 saturated carbocycles. The summed E-state index contributed by atoms with van der Waals surface area (Å²) >= 11 is 0. The van der Waals surface area contributed by atoms with E-state index in [4.69, 9.17) is 4.74 Å². The van der Waals surface area contributed by atoms with E-state index in [9.17, 15) is 4.79 Å². The minimum Gasteiger partial charge on any atom is -0.496 e. The number of hydrogen-bond acceptors (Lipinski definition) is 3. The number of rotatable bonds is 6. The predicted molar refractivity (Wildman–Crippen MR) is 114 cm³/mol. The molecule has 0 fully saturated rings. The molecule has 4 rings (SSSR count). The van der Waals surface area contributed by atoms with Gasteiger partial charge in [0, 0.05) is 25.0 Å². The van der Waals surface area contributed by atoms with E-state index in [1.165, 1.54) is 0 Å². The lowest BCUT2D eigenvalue weighted by Crippen LogP contribution is -2.32. The Kier molecular flexibility index (Phi) is 5.29. The standard InChI is InChI=1S/C24H23N3O2/c1-27-15-14-25-24(27)23(20-12-5-6-13-21(20)29-2)26-22(28)16-18-10-7-9-17-8-3-4-11-19(17)18/h3-15,23H,16H2,1-2H3,(H,26,28). The number of benzene rings is 3. The van der Waals surface area contributed by atoms with E-state index >= 15 is 0 Å². The van der Waals surface area contributed by atoms with Crippen LogP contribution in [0.25, 0.3) is 10.8 Å². The highest BCUT2D eigenvalue weighted by atomic mass is 16.5. The van der Waals surface area contributed by atoms with Crippen LogP contribution >= 0.6 is 0 Å². The summed E-state index contributed by atoms with van der Waals surface area (Å²) in [5, 5.41) is 5.38. The number of fused-ring (bicyclic) bond motifs is 1. The normalized spacial score (nSPS) is 11.9. The van der Waals surface area contributed by atoms with Gasteiger partial charge in [-0.15, -0.1) is 0 Å². The fourth-order valence-electron chi connectivity index (χ4n) is 3.67. The van der Waals surface area contributed by atoms with Crippen molar-refractivity contribution in [2.75, 3.05) is 7.11 Å². The Morgan fingerprint density at radius 3 is 2.62 bits per heavy atom. The van der Waals surface area contributed by atoms with Gasteiger partial charge in [-0.3, -0.25) is 4.79 Å². The number of nitrogens with one attached hydrogen (secondary N) is 1. The summed E-state index contributed by atoms with van der Waals surface area (Å²) in [7, 11) is 3.55. The first-order valence-electron chi connectivity index (χ1n) is 9.53. The number of carbonyl (C=O) groups excluding carboxylic acids is 1. The lowest BCUT2D eigenvalue weighted by atomic mass is 10.0. The second-order valence-corrected chi connectivity index (χ2v) is 6.95. The average Bonchev–Trinajstić information content (AvgIpc) is 3.18. The summed E-state index contributed by atoms with van der Waals surface area (Å²) in [5.41, 5.74) is 1.87. The number of nitrogens with zero attached hydrogens (tertiary/aromatic N) is 2. The van der Waals surface area contributed by atoms with Crippen LogP contribution < -0.4 is 10.1 Å². The highest BCUT2D eigenvalue weighted by molar-refractivity contribution is 5.90. The molecule has 1 aromatic heterocycles. The largest absolute Gasteiger partial charge is 0.496 e. The highest BCUT2D eigenvalue weighted by Crippen LogP contribution is 2.29. The first-order valence-corrected chi connectivity index (χ1v) is 9.53. The zero-order chi connectivity index (χ0) is 20.2. The van der Waals surface area contributed by atoms with Gasteiger partial charge in [0.1, 0.15) is 17.6 Å². The molecule has 3 aromatic carbocycles. The van der Waals surface area contributed by atoms with Crippen molar-refractivity contribution in [3.8, 4) is 5.75 Å². The van der Waals surface area contributed by atoms with Crippen LogP contribution in [0.2, 0.25) is 0 Å². The van der Waals surface area contributed by atoms with Gasteiger partial charge in [0.15, 0.2) is 0 Å². The van der Waals surface area contributed by atoms with Crippen molar-refractivity contribution in [3.05, 3.63) is 96.1 Å². The van der Waals surface area contributed by atoms with Gasteiger partial charge in [-0.1, -0.05) is 60.7 Å². The number of ether oxygens (including phenoxy) is 1. The summed E-state index contributed by atoms with van der Waals surface area (Å²) in [4.78, 5) is 17.5. The third kappa shape index (κ3) is 3.85. The molecule has 0 aliphatic heterocycles. The Labute approximate surface area is 170 Å². The maximum Gasteiger partial charge on any atom is 0.225 e. The van der Waals surface area contributed by atoms with Gasteiger partial charge >= 0.3 is 0 Å². The molecule has 146 valence electrons. The Balaban J connectivity index is 1.66. The number of carbonyl (C=O) groups is 1. The van der Waals surface area contributed by atoms with Crippen LogP contribution in [-0.4, -0.2) is 22.6 Å². The summed E-state index contributed by atoms with van der Waals surface area (Å²) in [6.45, 7) is 0. The van der Waals surface area contributed by atoms with Crippen LogP contribution in [0.15, 0.2) is 79.1 Å². The maximum absolute atomic E-state index is 13.1. The monoisotopic (exact) mass is 385 g/mol. The molecule has 29 heavy (non-hydrogen) atoms. The van der Waals surface area contributed by atoms with Crippen molar-refractivity contribution in [2.45, 2.75) is 12.5 Å². The molecule has 0 bridgehead atoms. The summed E-state index contributed by atoms with van der Waals surface area (Å²) in [6, 6.07) is 21.4. The molecule has 1 amide bonds. The van der Waals surface area contributed by atoms with E-state index in [1.807, 2.05) is 66.3 Å². The molecule has 1 N–H and O–H groups in total. The van der Waals surface area contributed by atoms with Crippen molar-refractivity contribution in [1.29, 1.82) is 0 Å². The molecule has 5 nitrogen and oxygen atoms in total. The smallest absolute Gasteiger partial charge is 0.225 e. The first-order chi connectivity index (χ1) is 14.2. The Morgan fingerprint density at radius 2 is 1.83 bits per heavy atom. The van der Waals surface area contributed by atoms with Crippen molar-refractivity contribution in [1.82, 2.24) is 14.9 Å². The quantitative estimate of drug-likeness (QED) is 0.545. The lowest BCUT2D eigenvalue weighted by Gasteiger charge is -2.21. The van der Waals surface area contributed by atoms with E-state index in [0.29, 0.717) is 5.75 Å². The number of aryl methyl sites for hydroxylation is 1. The molecule has 1 heterocycles. The molecule has 0 aliphatic carbocycles. The highest BCUT2D eigenvalue weighted by Gasteiger charge is 2.24. The summed E-state index contributed by atoms with van der Waals surface area (Å²) < 4.78 is 7.45. The topological polar surface area (TPSA) is 56.1 Å². The second-order valence-electron chi connectivity index (χ2n) is 6.95. The van der Waals surface area contributed by atoms with Crippen LogP contribution in [-0.2, 0) is 18.3 Å². The molecule has 5 heteroatoms. The van der Waals surface area contributed by atoms with Crippen molar-refractivity contribution in [3.63, 3.8) is 0 Å². The van der Waals surface area contributed by atoms with Gasteiger partial charge in [-0.05, 0) is 22.4 Å². The molecule has 1 atom stereocenters. The molecule has 0 radical (unpaired) electrons. The Bertz CT molecular complexity index is 1140. The minimum atomic E-state index is -0.409. The first kappa shape index (κ1) is 18.7. The molecule has 0 saturated heterocycles. The number of aromatic nitrogens is 2. The summed E-state index contributed by atoms with van der Waals surface area (Å²) in [5.74, 6) is 1.40. The SMILES string of the molecule is COc1ccccc1C(NC(=O)Cc1cccc2ccccc12)c1nccn1C. The van der Waals surface area contributed by atoms with E-state index in [-0.39, 0.29) is 12.3 Å². The molecule has 0 spiro atoms. The molecule has 0 aliphatic rings. The van der Waals surface area contributed by atoms with Gasteiger partial charge in [-0.2, -0.15) is 0 Å². The van der Waals surface area contributed by atoms with Gasteiger partial charge in [0.05, 0.1) is 13.5 Å². The van der Waals surface area contributed by atoms with Gasteiger partial charge < -0.3 is 14.6 Å². The van der Waals surface area contributed by atoms with E-state index < -0.39 is 6.04 Å². The molecule has 4 aromatic rings. The van der Waals surface area contributed by atoms with Crippen molar-refractivity contribution >= 4 is 16.7 Å². The van der Waals surface area contributed by atoms with Crippen LogP contribution in [0, 0.1) is 0 Å². The fraction of sp³-hybridized carbons (Fsp3) is 0.167. The van der Waals surface area contributed by atoms with E-state index in [0.717, 1.165) is 27.7 Å². The molecular weight excluding hydrogens is 362 g/mol. The number of amides is 1. The molecule has 1 unspecified atom stereocenters. The van der Waals surface area contributed by atoms with Crippen LogP contribution in [0.1, 0.15) is 23.0 Å². The third-order valence-electron chi connectivity index (χ3n) is 5.10. The van der Waals surface area contributed by atoms with Gasteiger partial charge in [0.25, 0.3) is 0 Å². The van der Waals surface area contributed by atoms with Crippen molar-refractivity contribution in [2.24, 2.45) is 7.05 Å². The molecular formula is C24H23N3O2. The lowest BCUT2D eigenvalue weighted by molar-refractivity contribution is -0.121. The number of hydrogen-bond donors (Lipinski definition) is 1. The zero-order valence-electron chi connectivity index (χ0n) is 16.5. The van der Waals surface area contributed by atoms with Crippen LogP contribution in [0.5, 0.6) is 5.75 Å². The number of imidazole rings is 1. The average molecular weight is 385 g/mol. The Morgan fingerprint density at radius 1 is 1.07 bits per heavy atom. The van der Waals surface area contributed by atoms with Crippen molar-refractivity contribution < 1.29 is 9.53 Å². The second kappa shape index (κ2) is 8.19.